The minimum atomic E-state index is -1.14. The van der Waals surface area contributed by atoms with Crippen molar-refractivity contribution in [1.29, 1.82) is 0 Å². The molecule has 2 amide bonds. The summed E-state index contributed by atoms with van der Waals surface area (Å²) in [5.74, 6) is -2.43. The SMILES string of the molecule is COC(=O)[C@]1(C)[NH2+][C@@H](c2cccs2)[C@H]2C(=O)N(c3ccc(C)cc3)C(=O)[C@@H]21. The predicted molar refractivity (Wildman–Crippen MR) is 100 cm³/mol. The minimum absolute atomic E-state index is 0.254. The van der Waals surface area contributed by atoms with Crippen LogP contribution in [0.25, 0.3) is 0 Å². The van der Waals surface area contributed by atoms with Gasteiger partial charge in [0.25, 0.3) is 0 Å². The van der Waals surface area contributed by atoms with E-state index in [1.807, 2.05) is 41.9 Å². The summed E-state index contributed by atoms with van der Waals surface area (Å²) in [6, 6.07) is 10.8. The molecule has 2 fully saturated rings. The van der Waals surface area contributed by atoms with Gasteiger partial charge in [0.1, 0.15) is 17.9 Å². The van der Waals surface area contributed by atoms with Crippen molar-refractivity contribution in [2.24, 2.45) is 11.8 Å². The molecule has 7 heteroatoms. The van der Waals surface area contributed by atoms with Gasteiger partial charge in [-0.05, 0) is 30.5 Å². The first-order valence-corrected chi connectivity index (χ1v) is 9.69. The van der Waals surface area contributed by atoms with Crippen LogP contribution in [0.3, 0.4) is 0 Å². The standard InChI is InChI=1S/C20H20N2O4S/c1-11-6-8-12(9-7-11)22-17(23)14-15(18(22)24)20(2,19(25)26-3)21-16(14)13-5-4-10-27-13/h4-10,14-16,21H,1-3H3/p+1/t14-,15+,16-,20+/m0/s1. The van der Waals surface area contributed by atoms with Crippen molar-refractivity contribution in [2.45, 2.75) is 25.4 Å². The zero-order chi connectivity index (χ0) is 19.3. The molecule has 0 saturated carbocycles. The normalized spacial score (nSPS) is 29.9. The molecule has 0 bridgehead atoms. The molecular weight excluding hydrogens is 364 g/mol. The van der Waals surface area contributed by atoms with Gasteiger partial charge in [-0.1, -0.05) is 23.8 Å². The molecule has 0 unspecified atom stereocenters. The molecule has 3 heterocycles. The third-order valence-corrected chi connectivity index (χ3v) is 6.67. The number of methoxy groups -OCH3 is 1. The molecular formula is C20H21N2O4S+. The van der Waals surface area contributed by atoms with Gasteiger partial charge in [0.15, 0.2) is 0 Å². The second kappa shape index (κ2) is 6.28. The van der Waals surface area contributed by atoms with Crippen LogP contribution < -0.4 is 10.2 Å². The number of esters is 1. The Kier molecular flexibility index (Phi) is 4.16. The third-order valence-electron chi connectivity index (χ3n) is 5.70. The number of aryl methyl sites for hydroxylation is 1. The number of hydrogen-bond acceptors (Lipinski definition) is 5. The van der Waals surface area contributed by atoms with Crippen molar-refractivity contribution >= 4 is 34.8 Å². The number of amides is 2. The van der Waals surface area contributed by atoms with Gasteiger partial charge in [-0.25, -0.2) is 9.69 Å². The topological polar surface area (TPSA) is 80.3 Å². The number of carbonyl (C=O) groups excluding carboxylic acids is 3. The average molecular weight is 385 g/mol. The van der Waals surface area contributed by atoms with Gasteiger partial charge in [-0.3, -0.25) is 9.59 Å². The number of hydrogen-bond donors (Lipinski definition) is 1. The van der Waals surface area contributed by atoms with Crippen LogP contribution in [0.1, 0.15) is 23.4 Å². The Morgan fingerprint density at radius 3 is 2.48 bits per heavy atom. The molecule has 0 spiro atoms. The van der Waals surface area contributed by atoms with E-state index in [2.05, 4.69) is 0 Å². The molecule has 6 nitrogen and oxygen atoms in total. The van der Waals surface area contributed by atoms with Crippen LogP contribution in [0.2, 0.25) is 0 Å². The molecule has 0 aliphatic carbocycles. The molecule has 27 heavy (non-hydrogen) atoms. The quantitative estimate of drug-likeness (QED) is 0.640. The van der Waals surface area contributed by atoms with Gasteiger partial charge in [0.2, 0.25) is 17.4 Å². The van der Waals surface area contributed by atoms with E-state index in [9.17, 15) is 14.4 Å². The second-order valence-corrected chi connectivity index (χ2v) is 8.31. The van der Waals surface area contributed by atoms with Crippen LogP contribution in [-0.4, -0.2) is 30.4 Å². The summed E-state index contributed by atoms with van der Waals surface area (Å²) in [6.45, 7) is 3.65. The van der Waals surface area contributed by atoms with E-state index in [-0.39, 0.29) is 17.9 Å². The van der Waals surface area contributed by atoms with E-state index in [0.717, 1.165) is 10.4 Å². The highest BCUT2D eigenvalue weighted by Gasteiger charge is 2.71. The maximum Gasteiger partial charge on any atom is 0.368 e. The first-order chi connectivity index (χ1) is 12.9. The van der Waals surface area contributed by atoms with Crippen molar-refractivity contribution in [3.63, 3.8) is 0 Å². The van der Waals surface area contributed by atoms with Crippen LogP contribution in [0, 0.1) is 18.8 Å². The zero-order valence-electron chi connectivity index (χ0n) is 15.3. The first kappa shape index (κ1) is 17.9. The first-order valence-electron chi connectivity index (χ1n) is 8.81. The van der Waals surface area contributed by atoms with Gasteiger partial charge >= 0.3 is 5.97 Å². The van der Waals surface area contributed by atoms with Gasteiger partial charge in [0, 0.05) is 6.92 Å². The minimum Gasteiger partial charge on any atom is -0.464 e. The highest BCUT2D eigenvalue weighted by molar-refractivity contribution is 7.10. The van der Waals surface area contributed by atoms with Gasteiger partial charge in [-0.15, -0.1) is 11.3 Å². The second-order valence-electron chi connectivity index (χ2n) is 7.33. The number of quaternary nitrogens is 1. The number of nitrogens with zero attached hydrogens (tertiary/aromatic N) is 1. The van der Waals surface area contributed by atoms with Gasteiger partial charge < -0.3 is 10.1 Å². The molecule has 2 aliphatic rings. The fraction of sp³-hybridized carbons (Fsp3) is 0.350. The lowest BCUT2D eigenvalue weighted by molar-refractivity contribution is -0.730. The van der Waals surface area contributed by atoms with Gasteiger partial charge in [-0.2, -0.15) is 0 Å². The number of anilines is 1. The summed E-state index contributed by atoms with van der Waals surface area (Å²) in [5.41, 5.74) is 0.449. The summed E-state index contributed by atoms with van der Waals surface area (Å²) in [7, 11) is 1.31. The maximum atomic E-state index is 13.3. The van der Waals surface area contributed by atoms with Gasteiger partial charge in [0.05, 0.1) is 17.7 Å². The number of carbonyl (C=O) groups is 3. The van der Waals surface area contributed by atoms with Crippen LogP contribution in [0.5, 0.6) is 0 Å². The Hall–Kier alpha value is -2.51. The lowest BCUT2D eigenvalue weighted by Gasteiger charge is -2.25. The molecule has 1 aromatic carbocycles. The van der Waals surface area contributed by atoms with E-state index >= 15 is 0 Å². The van der Waals surface area contributed by atoms with Crippen LogP contribution in [0.4, 0.5) is 5.69 Å². The number of ether oxygens (including phenoxy) is 1. The molecule has 4 rings (SSSR count). The summed E-state index contributed by atoms with van der Waals surface area (Å²) >= 11 is 1.53. The van der Waals surface area contributed by atoms with E-state index in [1.165, 1.54) is 23.3 Å². The molecule has 2 aromatic rings. The lowest BCUT2D eigenvalue weighted by atomic mass is 9.81. The number of benzene rings is 1. The lowest BCUT2D eigenvalue weighted by Crippen LogP contribution is -2.97. The highest BCUT2D eigenvalue weighted by atomic mass is 32.1. The van der Waals surface area contributed by atoms with Crippen molar-refractivity contribution in [1.82, 2.24) is 0 Å². The summed E-state index contributed by atoms with van der Waals surface area (Å²) in [5, 5.41) is 3.77. The van der Waals surface area contributed by atoms with Crippen molar-refractivity contribution in [2.75, 3.05) is 12.0 Å². The van der Waals surface area contributed by atoms with Crippen LogP contribution >= 0.6 is 11.3 Å². The molecule has 2 saturated heterocycles. The predicted octanol–water partition coefficient (Wildman–Crippen LogP) is 1.41. The molecule has 0 radical (unpaired) electrons. The fourth-order valence-corrected chi connectivity index (χ4v) is 5.21. The van der Waals surface area contributed by atoms with Crippen LogP contribution in [0.15, 0.2) is 41.8 Å². The van der Waals surface area contributed by atoms with E-state index in [4.69, 9.17) is 4.74 Å². The number of fused-ring (bicyclic) bond motifs is 1. The Labute approximate surface area is 161 Å². The van der Waals surface area contributed by atoms with Crippen molar-refractivity contribution in [3.05, 3.63) is 52.2 Å². The van der Waals surface area contributed by atoms with E-state index in [0.29, 0.717) is 5.69 Å². The summed E-state index contributed by atoms with van der Waals surface area (Å²) in [6.07, 6.45) is 0. The smallest absolute Gasteiger partial charge is 0.368 e. The number of imide groups is 1. The number of nitrogens with two attached hydrogens (primary N) is 1. The monoisotopic (exact) mass is 385 g/mol. The summed E-state index contributed by atoms with van der Waals surface area (Å²) in [4.78, 5) is 41.5. The third kappa shape index (κ3) is 2.53. The number of rotatable bonds is 3. The average Bonchev–Trinajstić information content (AvgIpc) is 3.34. The maximum absolute atomic E-state index is 13.3. The van der Waals surface area contributed by atoms with E-state index < -0.39 is 23.3 Å². The zero-order valence-corrected chi connectivity index (χ0v) is 16.2. The van der Waals surface area contributed by atoms with E-state index in [1.54, 1.807) is 19.1 Å². The largest absolute Gasteiger partial charge is 0.464 e. The number of thiophene rings is 1. The van der Waals surface area contributed by atoms with Crippen molar-refractivity contribution < 1.29 is 24.4 Å². The summed E-state index contributed by atoms with van der Waals surface area (Å²) < 4.78 is 5.00. The van der Waals surface area contributed by atoms with Crippen LogP contribution in [-0.2, 0) is 19.1 Å². The van der Waals surface area contributed by atoms with Crippen molar-refractivity contribution in [3.8, 4) is 0 Å². The fourth-order valence-electron chi connectivity index (χ4n) is 4.37. The Morgan fingerprint density at radius 1 is 1.19 bits per heavy atom. The Morgan fingerprint density at radius 2 is 1.89 bits per heavy atom. The molecule has 4 atom stereocenters. The Bertz CT molecular complexity index is 909. The highest BCUT2D eigenvalue weighted by Crippen LogP contribution is 2.46. The Balaban J connectivity index is 1.81. The molecule has 2 N–H and O–H groups in total. The molecule has 1 aromatic heterocycles. The molecule has 140 valence electrons. The molecule has 2 aliphatic heterocycles.